The van der Waals surface area contributed by atoms with Crippen molar-refractivity contribution >= 4 is 29.2 Å². The number of carbonyl (C=O) groups excluding carboxylic acids is 3. The molecule has 3 N–H and O–H groups in total. The average Bonchev–Trinajstić information content (AvgIpc) is 2.97. The number of aryl methyl sites for hydroxylation is 1. The van der Waals surface area contributed by atoms with Crippen LogP contribution in [0.25, 0.3) is 0 Å². The lowest BCUT2D eigenvalue weighted by molar-refractivity contribution is -0.127. The summed E-state index contributed by atoms with van der Waals surface area (Å²) in [5.74, 6) is -0.171. The highest BCUT2D eigenvalue weighted by atomic mass is 16.3. The summed E-state index contributed by atoms with van der Waals surface area (Å²) in [6, 6.07) is 18.5. The van der Waals surface area contributed by atoms with Crippen molar-refractivity contribution in [2.24, 2.45) is 0 Å². The Morgan fingerprint density at radius 2 is 1.68 bits per heavy atom. The Morgan fingerprint density at radius 3 is 2.38 bits per heavy atom. The molecule has 1 aliphatic rings. The molecule has 1 atom stereocenters. The molecule has 8 heteroatoms. The van der Waals surface area contributed by atoms with E-state index in [1.54, 1.807) is 41.4 Å². The van der Waals surface area contributed by atoms with Crippen LogP contribution >= 0.6 is 0 Å². The van der Waals surface area contributed by atoms with Gasteiger partial charge in [-0.1, -0.05) is 62.6 Å². The lowest BCUT2D eigenvalue weighted by Gasteiger charge is -2.34. The number of carbonyl (C=O) groups is 3. The van der Waals surface area contributed by atoms with Crippen molar-refractivity contribution < 1.29 is 19.5 Å². The van der Waals surface area contributed by atoms with E-state index in [0.29, 0.717) is 29.9 Å². The number of aromatic hydroxyl groups is 1. The third-order valence-electron chi connectivity index (χ3n) is 7.29. The van der Waals surface area contributed by atoms with Crippen molar-refractivity contribution in [3.63, 3.8) is 0 Å². The number of pyridine rings is 1. The lowest BCUT2D eigenvalue weighted by atomic mass is 9.94. The van der Waals surface area contributed by atoms with E-state index in [1.165, 1.54) is 12.1 Å². The average molecular weight is 543 g/mol. The van der Waals surface area contributed by atoms with Crippen LogP contribution in [0.5, 0.6) is 5.75 Å². The number of aromatic nitrogens is 1. The van der Waals surface area contributed by atoms with Crippen LogP contribution in [0.15, 0.2) is 72.9 Å². The molecule has 1 saturated carbocycles. The molecule has 0 bridgehead atoms. The second-order valence-corrected chi connectivity index (χ2v) is 10.2. The number of rotatable bonds is 11. The Hall–Kier alpha value is -4.20. The van der Waals surface area contributed by atoms with Gasteiger partial charge >= 0.3 is 0 Å². The third kappa shape index (κ3) is 7.68. The predicted molar refractivity (Wildman–Crippen MR) is 156 cm³/mol. The number of para-hydroxylation sites is 1. The first kappa shape index (κ1) is 28.8. The maximum Gasteiger partial charge on any atom is 0.248 e. The maximum atomic E-state index is 14.0. The fraction of sp³-hybridized carbons (Fsp3) is 0.375. The van der Waals surface area contributed by atoms with Crippen molar-refractivity contribution in [2.75, 3.05) is 10.2 Å². The number of phenols is 1. The van der Waals surface area contributed by atoms with Crippen molar-refractivity contribution in [1.82, 2.24) is 10.3 Å². The fourth-order valence-corrected chi connectivity index (χ4v) is 5.23. The molecule has 4 rings (SSSR count). The maximum absolute atomic E-state index is 14.0. The first-order valence-electron chi connectivity index (χ1n) is 14.2. The highest BCUT2D eigenvalue weighted by molar-refractivity contribution is 6.02. The zero-order valence-corrected chi connectivity index (χ0v) is 23.0. The number of phenolic OH excluding ortho intramolecular Hbond substituents is 1. The van der Waals surface area contributed by atoms with Crippen LogP contribution in [0.4, 0.5) is 11.5 Å². The fourth-order valence-electron chi connectivity index (χ4n) is 5.23. The summed E-state index contributed by atoms with van der Waals surface area (Å²) in [4.78, 5) is 46.1. The molecule has 0 aliphatic heterocycles. The van der Waals surface area contributed by atoms with Gasteiger partial charge in [-0.25, -0.2) is 4.98 Å². The van der Waals surface area contributed by atoms with E-state index in [9.17, 15) is 19.5 Å². The van der Waals surface area contributed by atoms with Gasteiger partial charge in [0.15, 0.2) is 0 Å². The standard InChI is InChI=1S/C32H38N4O4/c1-2-23-11-6-7-14-27(23)36(30(39)17-10-16-29(38)35-28-15-8-9-22-33-28)31(24-18-20-26(37)21-19-24)32(40)34-25-12-4-3-5-13-25/h6-9,11,14-15,18-22,25,31,37H,2-5,10,12-13,16-17H2,1H3,(H,34,40)(H,33,35,38)/t31-/m0/s1. The first-order valence-corrected chi connectivity index (χ1v) is 14.2. The Balaban J connectivity index is 1.60. The molecule has 1 fully saturated rings. The molecule has 3 amide bonds. The first-order chi connectivity index (χ1) is 19.5. The molecule has 1 aliphatic carbocycles. The zero-order valence-electron chi connectivity index (χ0n) is 23.0. The van der Waals surface area contributed by atoms with Gasteiger partial charge in [-0.15, -0.1) is 0 Å². The Labute approximate surface area is 235 Å². The predicted octanol–water partition coefficient (Wildman–Crippen LogP) is 5.68. The summed E-state index contributed by atoms with van der Waals surface area (Å²) in [5.41, 5.74) is 2.22. The monoisotopic (exact) mass is 542 g/mol. The molecule has 1 heterocycles. The van der Waals surface area contributed by atoms with E-state index in [-0.39, 0.29) is 42.4 Å². The van der Waals surface area contributed by atoms with Gasteiger partial charge in [-0.3, -0.25) is 19.3 Å². The van der Waals surface area contributed by atoms with Crippen molar-refractivity contribution in [3.05, 3.63) is 84.1 Å². The van der Waals surface area contributed by atoms with Crippen molar-refractivity contribution in [1.29, 1.82) is 0 Å². The van der Waals surface area contributed by atoms with E-state index < -0.39 is 6.04 Å². The van der Waals surface area contributed by atoms with Gasteiger partial charge in [-0.2, -0.15) is 0 Å². The second kappa shape index (κ2) is 14.3. The Kier molecular flexibility index (Phi) is 10.3. The highest BCUT2D eigenvalue weighted by Gasteiger charge is 2.34. The minimum Gasteiger partial charge on any atom is -0.508 e. The van der Waals surface area contributed by atoms with Gasteiger partial charge in [-0.05, 0) is 67.1 Å². The van der Waals surface area contributed by atoms with Gasteiger partial charge < -0.3 is 15.7 Å². The number of amides is 3. The van der Waals surface area contributed by atoms with E-state index >= 15 is 0 Å². The lowest BCUT2D eigenvalue weighted by Crippen LogP contribution is -2.47. The van der Waals surface area contributed by atoms with Gasteiger partial charge in [0.1, 0.15) is 17.6 Å². The van der Waals surface area contributed by atoms with E-state index in [0.717, 1.165) is 37.7 Å². The Bertz CT molecular complexity index is 1270. The van der Waals surface area contributed by atoms with Gasteiger partial charge in [0, 0.05) is 30.8 Å². The molecule has 8 nitrogen and oxygen atoms in total. The molecular weight excluding hydrogens is 504 g/mol. The second-order valence-electron chi connectivity index (χ2n) is 10.2. The summed E-state index contributed by atoms with van der Waals surface area (Å²) in [5, 5.41) is 15.9. The third-order valence-corrected chi connectivity index (χ3v) is 7.29. The van der Waals surface area contributed by atoms with Crippen LogP contribution < -0.4 is 15.5 Å². The van der Waals surface area contributed by atoms with Crippen molar-refractivity contribution in [3.8, 4) is 5.75 Å². The summed E-state index contributed by atoms with van der Waals surface area (Å²) >= 11 is 0. The van der Waals surface area contributed by atoms with Gasteiger partial charge in [0.05, 0.1) is 0 Å². The topological polar surface area (TPSA) is 112 Å². The molecule has 2 aromatic carbocycles. The van der Waals surface area contributed by atoms with Crippen LogP contribution in [0, 0.1) is 0 Å². The van der Waals surface area contributed by atoms with E-state index in [1.807, 2.05) is 31.2 Å². The van der Waals surface area contributed by atoms with E-state index in [4.69, 9.17) is 0 Å². The summed E-state index contributed by atoms with van der Waals surface area (Å²) in [7, 11) is 0. The largest absolute Gasteiger partial charge is 0.508 e. The number of benzene rings is 2. The molecule has 0 saturated heterocycles. The molecular formula is C32H38N4O4. The molecule has 0 spiro atoms. The summed E-state index contributed by atoms with van der Waals surface area (Å²) in [6.45, 7) is 2.01. The molecule has 1 aromatic heterocycles. The summed E-state index contributed by atoms with van der Waals surface area (Å²) < 4.78 is 0. The van der Waals surface area contributed by atoms with Crippen LogP contribution in [0.1, 0.15) is 75.5 Å². The zero-order chi connectivity index (χ0) is 28.3. The van der Waals surface area contributed by atoms with Crippen LogP contribution in [-0.4, -0.2) is 33.9 Å². The highest BCUT2D eigenvalue weighted by Crippen LogP contribution is 2.33. The van der Waals surface area contributed by atoms with Crippen molar-refractivity contribution in [2.45, 2.75) is 76.8 Å². The smallest absolute Gasteiger partial charge is 0.248 e. The normalized spacial score (nSPS) is 14.2. The summed E-state index contributed by atoms with van der Waals surface area (Å²) in [6.07, 6.45) is 7.95. The SMILES string of the molecule is CCc1ccccc1N(C(=O)CCCC(=O)Nc1ccccn1)[C@H](C(=O)NC1CCCCC1)c1ccc(O)cc1. The minimum atomic E-state index is -0.926. The number of nitrogens with one attached hydrogen (secondary N) is 2. The molecule has 3 aromatic rings. The van der Waals surface area contributed by atoms with Gasteiger partial charge in [0.25, 0.3) is 0 Å². The Morgan fingerprint density at radius 1 is 0.950 bits per heavy atom. The van der Waals surface area contributed by atoms with Gasteiger partial charge in [0.2, 0.25) is 17.7 Å². The molecule has 0 radical (unpaired) electrons. The number of nitrogens with zero attached hydrogens (tertiary/aromatic N) is 2. The van der Waals surface area contributed by atoms with Crippen LogP contribution in [-0.2, 0) is 20.8 Å². The van der Waals surface area contributed by atoms with Crippen LogP contribution in [0.3, 0.4) is 0 Å². The number of hydrogen-bond acceptors (Lipinski definition) is 5. The molecule has 40 heavy (non-hydrogen) atoms. The molecule has 210 valence electrons. The van der Waals surface area contributed by atoms with Crippen LogP contribution in [0.2, 0.25) is 0 Å². The van der Waals surface area contributed by atoms with E-state index in [2.05, 4.69) is 15.6 Å². The molecule has 0 unspecified atom stereocenters. The quantitative estimate of drug-likeness (QED) is 0.289. The minimum absolute atomic E-state index is 0.0644. The number of hydrogen-bond donors (Lipinski definition) is 3. The number of anilines is 2.